The predicted molar refractivity (Wildman–Crippen MR) is 97.1 cm³/mol. The van der Waals surface area contributed by atoms with Gasteiger partial charge in [0.15, 0.2) is 5.65 Å². The van der Waals surface area contributed by atoms with Crippen LogP contribution in [0.1, 0.15) is 22.4 Å². The molecule has 0 aliphatic carbocycles. The van der Waals surface area contributed by atoms with Crippen molar-refractivity contribution in [3.63, 3.8) is 0 Å². The molecule has 0 amide bonds. The number of rotatable bonds is 2. The van der Waals surface area contributed by atoms with E-state index >= 15 is 0 Å². The van der Waals surface area contributed by atoms with Gasteiger partial charge < -0.3 is 11.5 Å². The molecule has 3 aromatic rings. The maximum absolute atomic E-state index is 6.00. The third kappa shape index (κ3) is 3.30. The molecule has 0 unspecified atom stereocenters. The summed E-state index contributed by atoms with van der Waals surface area (Å²) in [5.74, 6) is 0.506. The van der Waals surface area contributed by atoms with Crippen molar-refractivity contribution in [3.8, 4) is 0 Å². The molecule has 2 aromatic heterocycles. The second-order valence-corrected chi connectivity index (χ2v) is 5.71. The van der Waals surface area contributed by atoms with E-state index in [2.05, 4.69) is 15.0 Å². The van der Waals surface area contributed by atoms with E-state index in [4.69, 9.17) is 23.1 Å². The number of nitrogen functional groups attached to an aromatic ring is 2. The summed E-state index contributed by atoms with van der Waals surface area (Å²) in [5, 5.41) is 1.49. The molecule has 23 heavy (non-hydrogen) atoms. The van der Waals surface area contributed by atoms with Gasteiger partial charge in [-0.25, -0.2) is 4.98 Å². The van der Waals surface area contributed by atoms with Gasteiger partial charge in [-0.05, 0) is 49.1 Å². The van der Waals surface area contributed by atoms with E-state index in [0.29, 0.717) is 11.5 Å². The van der Waals surface area contributed by atoms with Crippen LogP contribution in [0.25, 0.3) is 11.0 Å². The lowest BCUT2D eigenvalue weighted by atomic mass is 9.97. The molecule has 0 aliphatic rings. The second kappa shape index (κ2) is 6.56. The Labute approximate surface area is 145 Å². The Bertz CT molecular complexity index is 863. The summed E-state index contributed by atoms with van der Waals surface area (Å²) < 4.78 is 0. The number of nitrogens with zero attached hydrogens (tertiary/aromatic N) is 3. The number of aromatic nitrogens is 3. The van der Waals surface area contributed by atoms with Crippen molar-refractivity contribution in [2.75, 3.05) is 11.5 Å². The van der Waals surface area contributed by atoms with Crippen molar-refractivity contribution in [1.29, 1.82) is 0 Å². The van der Waals surface area contributed by atoms with Gasteiger partial charge in [0.05, 0.1) is 5.39 Å². The number of benzene rings is 1. The molecular weight excluding hydrogens is 333 g/mol. The van der Waals surface area contributed by atoms with E-state index in [9.17, 15) is 0 Å². The highest BCUT2D eigenvalue weighted by molar-refractivity contribution is 6.30. The quantitative estimate of drug-likeness (QED) is 0.738. The van der Waals surface area contributed by atoms with Crippen LogP contribution in [0.3, 0.4) is 0 Å². The van der Waals surface area contributed by atoms with Crippen LogP contribution >= 0.6 is 24.0 Å². The van der Waals surface area contributed by atoms with Gasteiger partial charge in [0.25, 0.3) is 0 Å². The fraction of sp³-hybridized carbons (Fsp3) is 0.188. The Balaban J connectivity index is 0.00000192. The average molecular weight is 350 g/mol. The standard InChI is InChI=1S/C16H16ClN5.ClH/c1-8-12(7-10-3-5-11(17)6-4-10)9(2)20-15-13(8)14(18)21-16(19)22-15;/h3-6H,7H2,1-2H3,(H4,18,19,20,21,22);1H. The van der Waals surface area contributed by atoms with Crippen LogP contribution in [0.4, 0.5) is 11.8 Å². The van der Waals surface area contributed by atoms with E-state index in [1.165, 1.54) is 0 Å². The van der Waals surface area contributed by atoms with E-state index in [1.54, 1.807) is 0 Å². The zero-order valence-electron chi connectivity index (χ0n) is 12.8. The molecule has 4 N–H and O–H groups in total. The SMILES string of the molecule is Cc1nc2nc(N)nc(N)c2c(C)c1Cc1ccc(Cl)cc1.Cl. The number of hydrogen-bond donors (Lipinski definition) is 2. The average Bonchev–Trinajstić information content (AvgIpc) is 2.44. The van der Waals surface area contributed by atoms with E-state index in [0.717, 1.165) is 39.2 Å². The molecule has 0 aliphatic heterocycles. The van der Waals surface area contributed by atoms with Crippen molar-refractivity contribution in [2.45, 2.75) is 20.3 Å². The van der Waals surface area contributed by atoms with Gasteiger partial charge >= 0.3 is 0 Å². The summed E-state index contributed by atoms with van der Waals surface area (Å²) in [6.45, 7) is 3.98. The van der Waals surface area contributed by atoms with Crippen LogP contribution in [0.5, 0.6) is 0 Å². The van der Waals surface area contributed by atoms with Crippen molar-refractivity contribution in [3.05, 3.63) is 51.7 Å². The van der Waals surface area contributed by atoms with Crippen LogP contribution in [0.15, 0.2) is 24.3 Å². The first kappa shape index (κ1) is 17.2. The first-order chi connectivity index (χ1) is 10.5. The molecule has 0 bridgehead atoms. The fourth-order valence-corrected chi connectivity index (χ4v) is 2.77. The van der Waals surface area contributed by atoms with Gasteiger partial charge in [-0.2, -0.15) is 9.97 Å². The highest BCUT2D eigenvalue weighted by Crippen LogP contribution is 2.27. The highest BCUT2D eigenvalue weighted by atomic mass is 35.5. The second-order valence-electron chi connectivity index (χ2n) is 5.27. The largest absolute Gasteiger partial charge is 0.383 e. The fourth-order valence-electron chi connectivity index (χ4n) is 2.64. The Kier molecular flexibility index (Phi) is 4.92. The summed E-state index contributed by atoms with van der Waals surface area (Å²) in [6, 6.07) is 7.78. The summed E-state index contributed by atoms with van der Waals surface area (Å²) in [7, 11) is 0. The lowest BCUT2D eigenvalue weighted by molar-refractivity contribution is 1.06. The number of hydrogen-bond acceptors (Lipinski definition) is 5. The molecule has 3 rings (SSSR count). The van der Waals surface area contributed by atoms with Gasteiger partial charge in [0, 0.05) is 10.7 Å². The lowest BCUT2D eigenvalue weighted by Crippen LogP contribution is -2.07. The van der Waals surface area contributed by atoms with Gasteiger partial charge in [0.1, 0.15) is 5.82 Å². The molecule has 2 heterocycles. The van der Waals surface area contributed by atoms with Crippen molar-refractivity contribution >= 4 is 46.8 Å². The number of aryl methyl sites for hydroxylation is 2. The van der Waals surface area contributed by atoms with Gasteiger partial charge in [-0.15, -0.1) is 12.4 Å². The van der Waals surface area contributed by atoms with Crippen molar-refractivity contribution in [1.82, 2.24) is 15.0 Å². The third-order valence-electron chi connectivity index (χ3n) is 3.77. The number of anilines is 2. The van der Waals surface area contributed by atoms with Crippen molar-refractivity contribution in [2.24, 2.45) is 0 Å². The first-order valence-corrected chi connectivity index (χ1v) is 7.26. The zero-order chi connectivity index (χ0) is 15.9. The third-order valence-corrected chi connectivity index (χ3v) is 4.02. The maximum Gasteiger partial charge on any atom is 0.224 e. The normalized spacial score (nSPS) is 10.6. The summed E-state index contributed by atoms with van der Waals surface area (Å²) >= 11 is 5.93. The topological polar surface area (TPSA) is 90.7 Å². The minimum Gasteiger partial charge on any atom is -0.383 e. The van der Waals surface area contributed by atoms with E-state index in [-0.39, 0.29) is 18.4 Å². The Hall–Kier alpha value is -2.11. The lowest BCUT2D eigenvalue weighted by Gasteiger charge is -2.13. The number of halogens is 2. The summed E-state index contributed by atoms with van der Waals surface area (Å²) in [6.07, 6.45) is 0.752. The van der Waals surface area contributed by atoms with Crippen LogP contribution in [-0.4, -0.2) is 15.0 Å². The minimum atomic E-state index is 0. The minimum absolute atomic E-state index is 0. The molecule has 120 valence electrons. The van der Waals surface area contributed by atoms with Gasteiger partial charge in [-0.1, -0.05) is 23.7 Å². The van der Waals surface area contributed by atoms with Crippen LogP contribution in [0.2, 0.25) is 5.02 Å². The van der Waals surface area contributed by atoms with Crippen LogP contribution < -0.4 is 11.5 Å². The Morgan fingerprint density at radius 3 is 2.30 bits per heavy atom. The maximum atomic E-state index is 6.00. The number of fused-ring (bicyclic) bond motifs is 1. The smallest absolute Gasteiger partial charge is 0.224 e. The number of nitrogens with two attached hydrogens (primary N) is 2. The molecule has 0 saturated carbocycles. The molecule has 1 aromatic carbocycles. The molecule has 0 fully saturated rings. The molecular formula is C16H17Cl2N5. The first-order valence-electron chi connectivity index (χ1n) is 6.89. The van der Waals surface area contributed by atoms with Crippen LogP contribution in [0, 0.1) is 13.8 Å². The summed E-state index contributed by atoms with van der Waals surface area (Å²) in [4.78, 5) is 12.7. The molecule has 0 spiro atoms. The van der Waals surface area contributed by atoms with E-state index < -0.39 is 0 Å². The molecule has 5 nitrogen and oxygen atoms in total. The highest BCUT2D eigenvalue weighted by Gasteiger charge is 2.14. The van der Waals surface area contributed by atoms with Crippen molar-refractivity contribution < 1.29 is 0 Å². The Morgan fingerprint density at radius 2 is 1.65 bits per heavy atom. The predicted octanol–water partition coefficient (Wildman–Crippen LogP) is 3.47. The molecule has 0 saturated heterocycles. The molecule has 0 atom stereocenters. The van der Waals surface area contributed by atoms with E-state index in [1.807, 2.05) is 38.1 Å². The Morgan fingerprint density at radius 1 is 1.00 bits per heavy atom. The molecule has 7 heteroatoms. The zero-order valence-corrected chi connectivity index (χ0v) is 14.4. The van der Waals surface area contributed by atoms with Gasteiger partial charge in [-0.3, -0.25) is 0 Å². The van der Waals surface area contributed by atoms with Gasteiger partial charge in [0.2, 0.25) is 5.95 Å². The van der Waals surface area contributed by atoms with Crippen LogP contribution in [-0.2, 0) is 6.42 Å². The monoisotopic (exact) mass is 349 g/mol. The summed E-state index contributed by atoms with van der Waals surface area (Å²) in [5.41, 5.74) is 16.4. The molecule has 0 radical (unpaired) electrons. The number of pyridine rings is 1.